The van der Waals surface area contributed by atoms with Crippen molar-refractivity contribution >= 4 is 59.6 Å². The first kappa shape index (κ1) is 69.0. The van der Waals surface area contributed by atoms with Crippen LogP contribution in [0.4, 0.5) is 18.4 Å². The molecule has 0 aromatic heterocycles. The number of nitrogens with one attached hydrogen (secondary N) is 6. The number of amides is 8. The molecule has 5 aromatic rings. The molecule has 0 spiro atoms. The van der Waals surface area contributed by atoms with Crippen molar-refractivity contribution in [2.24, 2.45) is 0 Å². The third-order valence-corrected chi connectivity index (χ3v) is 13.2. The molecule has 0 bridgehead atoms. The van der Waals surface area contributed by atoms with Gasteiger partial charge < -0.3 is 60.6 Å². The lowest BCUT2D eigenvalue weighted by Gasteiger charge is -2.24. The molecule has 0 unspecified atom stereocenters. The van der Waals surface area contributed by atoms with E-state index in [1.807, 2.05) is 12.1 Å². The average molecular weight is 1220 g/mol. The standard InChI is InChI=1S/C64H76F2N8O14/c1-3-85-61(81)53(71-63(83)87-43-47-16-7-5-8-17-47)22-11-13-34-67-55(75)39-73(41-57(77)69-36-32-45-24-28-51(65)29-25-45)59(79)49-20-15-21-50(38-49)60(80)74(42-58(78)70-37-33-46-26-30-52(66)31-27-46)40-56(76)68-35-14-12-23-54(62(82)86-4-2)72-64(84)88-44-48-18-9-6-10-19-48/h5-10,15-21,24-31,38,53-54H,3-4,11-14,22-23,32-37,39-44H2,1-2H3,(H,67,75)(H,68,76)(H,69,77)(H,70,78)(H,71,83)(H,72,84)/t53-,54-/m0/s1. The van der Waals surface area contributed by atoms with Gasteiger partial charge in [-0.15, -0.1) is 0 Å². The van der Waals surface area contributed by atoms with Crippen molar-refractivity contribution < 1.29 is 75.7 Å². The van der Waals surface area contributed by atoms with E-state index in [0.29, 0.717) is 38.5 Å². The van der Waals surface area contributed by atoms with Gasteiger partial charge in [-0.25, -0.2) is 28.0 Å². The highest BCUT2D eigenvalue weighted by Gasteiger charge is 2.28. The summed E-state index contributed by atoms with van der Waals surface area (Å²) in [6.45, 7) is 1.15. The number of alkyl carbamates (subject to hydrolysis) is 2. The maximum absolute atomic E-state index is 14.4. The van der Waals surface area contributed by atoms with Crippen LogP contribution in [0.5, 0.6) is 0 Å². The summed E-state index contributed by atoms with van der Waals surface area (Å²) in [5.74, 6) is -6.51. The zero-order chi connectivity index (χ0) is 63.5. The minimum absolute atomic E-state index is 0.0250. The predicted octanol–water partition coefficient (Wildman–Crippen LogP) is 5.86. The molecule has 88 heavy (non-hydrogen) atoms. The molecule has 0 aliphatic rings. The number of hydrogen-bond donors (Lipinski definition) is 6. The van der Waals surface area contributed by atoms with Crippen molar-refractivity contribution in [3.05, 3.63) is 178 Å². The molecule has 2 atom stereocenters. The van der Waals surface area contributed by atoms with E-state index in [4.69, 9.17) is 18.9 Å². The average Bonchev–Trinajstić information content (AvgIpc) is 3.54. The number of hydrogen-bond acceptors (Lipinski definition) is 14. The number of ether oxygens (including phenoxy) is 4. The summed E-state index contributed by atoms with van der Waals surface area (Å²) in [6, 6.07) is 32.5. The minimum atomic E-state index is -1.05. The fourth-order valence-electron chi connectivity index (χ4n) is 8.66. The predicted molar refractivity (Wildman–Crippen MR) is 319 cm³/mol. The van der Waals surface area contributed by atoms with E-state index in [0.717, 1.165) is 32.1 Å². The summed E-state index contributed by atoms with van der Waals surface area (Å²) in [7, 11) is 0. The van der Waals surface area contributed by atoms with Gasteiger partial charge >= 0.3 is 24.1 Å². The fourth-order valence-corrected chi connectivity index (χ4v) is 8.66. The normalized spacial score (nSPS) is 11.3. The minimum Gasteiger partial charge on any atom is -0.464 e. The Morgan fingerprint density at radius 2 is 0.761 bits per heavy atom. The number of benzene rings is 5. The van der Waals surface area contributed by atoms with Crippen LogP contribution in [0.1, 0.15) is 95.3 Å². The van der Waals surface area contributed by atoms with E-state index < -0.39 is 109 Å². The Morgan fingerprint density at radius 3 is 1.11 bits per heavy atom. The van der Waals surface area contributed by atoms with E-state index in [9.17, 15) is 56.7 Å². The summed E-state index contributed by atoms with van der Waals surface area (Å²) in [5, 5.41) is 15.9. The second-order valence-electron chi connectivity index (χ2n) is 20.1. The van der Waals surface area contributed by atoms with Crippen LogP contribution in [-0.2, 0) is 73.8 Å². The van der Waals surface area contributed by atoms with Gasteiger partial charge in [-0.1, -0.05) is 91.0 Å². The van der Waals surface area contributed by atoms with Crippen LogP contribution >= 0.6 is 0 Å². The fraction of sp³-hybridized carbons (Fsp3) is 0.375. The van der Waals surface area contributed by atoms with Crippen molar-refractivity contribution in [1.29, 1.82) is 0 Å². The number of rotatable bonds is 36. The molecule has 0 aliphatic heterocycles. The zero-order valence-electron chi connectivity index (χ0n) is 49.4. The molecule has 6 N–H and O–H groups in total. The lowest BCUT2D eigenvalue weighted by atomic mass is 10.1. The van der Waals surface area contributed by atoms with Crippen molar-refractivity contribution in [2.75, 3.05) is 65.6 Å². The summed E-state index contributed by atoms with van der Waals surface area (Å²) in [4.78, 5) is 135. The van der Waals surface area contributed by atoms with Gasteiger partial charge in [0, 0.05) is 37.3 Å². The molecule has 5 aromatic carbocycles. The molecule has 22 nitrogen and oxygen atoms in total. The SMILES string of the molecule is CCOC(=O)[C@H](CCCCNC(=O)CN(CC(=O)NCCc1ccc(F)cc1)C(=O)c1cccc(C(=O)N(CC(=O)NCCCC[C@H](NC(=O)OCc2ccccc2)C(=O)OCC)CC(=O)NCCc2ccc(F)cc2)c1)NC(=O)OCc1ccccc1. The van der Waals surface area contributed by atoms with Gasteiger partial charge in [0.15, 0.2) is 0 Å². The Labute approximate surface area is 509 Å². The Balaban J connectivity index is 1.24. The van der Waals surface area contributed by atoms with Crippen LogP contribution in [0.25, 0.3) is 0 Å². The summed E-state index contributed by atoms with van der Waals surface area (Å²) in [5.41, 5.74) is 2.67. The first-order chi connectivity index (χ1) is 42.5. The van der Waals surface area contributed by atoms with Crippen molar-refractivity contribution in [3.63, 3.8) is 0 Å². The maximum atomic E-state index is 14.4. The largest absolute Gasteiger partial charge is 0.464 e. The van der Waals surface area contributed by atoms with Gasteiger partial charge in [-0.05, 0) is 130 Å². The van der Waals surface area contributed by atoms with E-state index in [2.05, 4.69) is 31.9 Å². The number of nitrogens with zero attached hydrogens (tertiary/aromatic N) is 2. The molecule has 24 heteroatoms. The smallest absolute Gasteiger partial charge is 0.408 e. The van der Waals surface area contributed by atoms with Gasteiger partial charge in [0.2, 0.25) is 23.6 Å². The van der Waals surface area contributed by atoms with Crippen molar-refractivity contribution in [3.8, 4) is 0 Å². The molecule has 0 aliphatic carbocycles. The molecule has 0 saturated heterocycles. The number of halogens is 2. The van der Waals surface area contributed by atoms with E-state index in [1.54, 1.807) is 86.6 Å². The Kier molecular flexibility index (Phi) is 30.1. The van der Waals surface area contributed by atoms with Gasteiger partial charge in [-0.2, -0.15) is 0 Å². The summed E-state index contributed by atoms with van der Waals surface area (Å²) < 4.78 is 48.0. The van der Waals surface area contributed by atoms with Crippen LogP contribution in [0.2, 0.25) is 0 Å². The Bertz CT molecular complexity index is 2870. The number of carbonyl (C=O) groups is 10. The summed E-state index contributed by atoms with van der Waals surface area (Å²) in [6.07, 6.45) is 0.532. The molecular weight excluding hydrogens is 1140 g/mol. The van der Waals surface area contributed by atoms with Gasteiger partial charge in [0.25, 0.3) is 11.8 Å². The van der Waals surface area contributed by atoms with E-state index in [-0.39, 0.29) is 76.6 Å². The van der Waals surface area contributed by atoms with E-state index >= 15 is 0 Å². The molecule has 0 saturated carbocycles. The number of carbonyl (C=O) groups excluding carboxylic acids is 10. The van der Waals surface area contributed by atoms with Crippen LogP contribution in [0, 0.1) is 11.6 Å². The lowest BCUT2D eigenvalue weighted by Crippen LogP contribution is -2.47. The zero-order valence-corrected chi connectivity index (χ0v) is 49.4. The highest BCUT2D eigenvalue weighted by Crippen LogP contribution is 2.14. The second kappa shape index (κ2) is 38.3. The molecule has 0 radical (unpaired) electrons. The monoisotopic (exact) mass is 1220 g/mol. The van der Waals surface area contributed by atoms with Gasteiger partial charge in [-0.3, -0.25) is 28.8 Å². The Morgan fingerprint density at radius 1 is 0.409 bits per heavy atom. The highest BCUT2D eigenvalue weighted by molar-refractivity contribution is 6.03. The third kappa shape index (κ3) is 26.3. The second-order valence-corrected chi connectivity index (χ2v) is 20.1. The topological polar surface area (TPSA) is 286 Å². The number of unbranched alkanes of at least 4 members (excludes halogenated alkanes) is 2. The molecule has 0 fully saturated rings. The third-order valence-electron chi connectivity index (χ3n) is 13.2. The van der Waals surface area contributed by atoms with Crippen molar-refractivity contribution in [1.82, 2.24) is 41.7 Å². The van der Waals surface area contributed by atoms with Crippen LogP contribution in [0.3, 0.4) is 0 Å². The maximum Gasteiger partial charge on any atom is 0.408 e. The molecule has 8 amide bonds. The van der Waals surface area contributed by atoms with Gasteiger partial charge in [0.1, 0.15) is 63.1 Å². The molecule has 5 rings (SSSR count). The molecule has 470 valence electrons. The van der Waals surface area contributed by atoms with Crippen molar-refractivity contribution in [2.45, 2.75) is 90.5 Å². The highest BCUT2D eigenvalue weighted by atomic mass is 19.1. The van der Waals surface area contributed by atoms with Crippen LogP contribution in [0.15, 0.2) is 133 Å². The lowest BCUT2D eigenvalue weighted by molar-refractivity contribution is -0.146. The number of esters is 2. The molecular formula is C64H76F2N8O14. The van der Waals surface area contributed by atoms with Crippen LogP contribution < -0.4 is 31.9 Å². The first-order valence-corrected chi connectivity index (χ1v) is 29.0. The quantitative estimate of drug-likeness (QED) is 0.0156. The Hall–Kier alpha value is -9.74. The summed E-state index contributed by atoms with van der Waals surface area (Å²) >= 11 is 0. The van der Waals surface area contributed by atoms with E-state index in [1.165, 1.54) is 48.5 Å². The van der Waals surface area contributed by atoms with Crippen LogP contribution in [-0.4, -0.2) is 147 Å². The molecule has 0 heterocycles. The first-order valence-electron chi connectivity index (χ1n) is 29.0. The van der Waals surface area contributed by atoms with Gasteiger partial charge in [0.05, 0.1) is 13.2 Å².